The summed E-state index contributed by atoms with van der Waals surface area (Å²) < 4.78 is 34.1. The summed E-state index contributed by atoms with van der Waals surface area (Å²) in [6.45, 7) is 0.912. The summed E-state index contributed by atoms with van der Waals surface area (Å²) in [5.74, 6) is 0.636. The van der Waals surface area contributed by atoms with Gasteiger partial charge in [0.2, 0.25) is 5.75 Å². The van der Waals surface area contributed by atoms with Crippen molar-refractivity contribution >= 4 is 22.4 Å². The highest BCUT2D eigenvalue weighted by atomic mass is 32.2. The third-order valence-electron chi connectivity index (χ3n) is 3.94. The van der Waals surface area contributed by atoms with Crippen molar-refractivity contribution in [3.8, 4) is 17.2 Å². The highest BCUT2D eigenvalue weighted by molar-refractivity contribution is 7.85. The molecule has 1 unspecified atom stereocenters. The van der Waals surface area contributed by atoms with Crippen molar-refractivity contribution in [1.29, 1.82) is 0 Å². The maximum Gasteiger partial charge on any atom is 0.250 e. The number of nitrogens with one attached hydrogen (secondary N) is 1. The highest BCUT2D eigenvalue weighted by Gasteiger charge is 2.19. The molecule has 2 rings (SSSR count). The number of anilines is 1. The van der Waals surface area contributed by atoms with E-state index in [9.17, 15) is 9.00 Å². The summed E-state index contributed by atoms with van der Waals surface area (Å²) in [5, 5.41) is 3.08. The Balaban J connectivity index is 2.45. The summed E-state index contributed by atoms with van der Waals surface area (Å²) in [7, 11) is 4.49. The van der Waals surface area contributed by atoms with Crippen molar-refractivity contribution < 1.29 is 28.0 Å². The SMILES string of the molecule is COCCNc1cc(S(=O)c2cc(OC)c(OC)c(OC)c2)ccc1C(N)=O. The van der Waals surface area contributed by atoms with Gasteiger partial charge in [-0.05, 0) is 18.2 Å². The van der Waals surface area contributed by atoms with Gasteiger partial charge in [0.05, 0.1) is 49.2 Å². The quantitative estimate of drug-likeness (QED) is 0.579. The van der Waals surface area contributed by atoms with Gasteiger partial charge in [0.15, 0.2) is 11.5 Å². The molecule has 0 aliphatic heterocycles. The molecule has 0 saturated heterocycles. The van der Waals surface area contributed by atoms with Crippen LogP contribution in [0.2, 0.25) is 0 Å². The first-order valence-corrected chi connectivity index (χ1v) is 9.50. The number of carbonyl (C=O) groups is 1. The van der Waals surface area contributed by atoms with Crippen LogP contribution < -0.4 is 25.3 Å². The molecule has 2 aromatic rings. The zero-order valence-electron chi connectivity index (χ0n) is 16.2. The minimum Gasteiger partial charge on any atom is -0.493 e. The molecular weight excluding hydrogens is 384 g/mol. The molecule has 1 atom stereocenters. The Labute approximate surface area is 166 Å². The van der Waals surface area contributed by atoms with Crippen molar-refractivity contribution in [2.24, 2.45) is 5.73 Å². The number of nitrogens with two attached hydrogens (primary N) is 1. The molecule has 3 N–H and O–H groups in total. The highest BCUT2D eigenvalue weighted by Crippen LogP contribution is 2.40. The molecule has 152 valence electrons. The van der Waals surface area contributed by atoms with Gasteiger partial charge < -0.3 is 30.0 Å². The van der Waals surface area contributed by atoms with Gasteiger partial charge in [-0.25, -0.2) is 4.21 Å². The molecule has 28 heavy (non-hydrogen) atoms. The molecule has 1 amide bonds. The molecule has 0 bridgehead atoms. The first kappa shape index (κ1) is 21.5. The number of benzene rings is 2. The minimum absolute atomic E-state index is 0.307. The molecule has 0 radical (unpaired) electrons. The van der Waals surface area contributed by atoms with Gasteiger partial charge in [-0.3, -0.25) is 4.79 Å². The van der Waals surface area contributed by atoms with E-state index in [0.29, 0.717) is 51.4 Å². The third kappa shape index (κ3) is 4.73. The fourth-order valence-corrected chi connectivity index (χ4v) is 3.70. The largest absolute Gasteiger partial charge is 0.493 e. The second kappa shape index (κ2) is 9.95. The maximum absolute atomic E-state index is 13.1. The first-order chi connectivity index (χ1) is 13.5. The monoisotopic (exact) mass is 408 g/mol. The molecule has 0 heterocycles. The topological polar surface area (TPSA) is 109 Å². The number of rotatable bonds is 10. The molecule has 0 saturated carbocycles. The smallest absolute Gasteiger partial charge is 0.250 e. The molecule has 8 nitrogen and oxygen atoms in total. The first-order valence-electron chi connectivity index (χ1n) is 8.35. The van der Waals surface area contributed by atoms with Gasteiger partial charge in [0.1, 0.15) is 0 Å². The zero-order chi connectivity index (χ0) is 20.7. The predicted octanol–water partition coefficient (Wildman–Crippen LogP) is 2.04. The summed E-state index contributed by atoms with van der Waals surface area (Å²) in [4.78, 5) is 12.6. The Bertz CT molecular complexity index is 846. The van der Waals surface area contributed by atoms with Gasteiger partial charge in [-0.1, -0.05) is 0 Å². The van der Waals surface area contributed by atoms with E-state index in [-0.39, 0.29) is 0 Å². The van der Waals surface area contributed by atoms with Crippen molar-refractivity contribution in [2.45, 2.75) is 9.79 Å². The van der Waals surface area contributed by atoms with E-state index in [0.717, 1.165) is 0 Å². The number of hydrogen-bond acceptors (Lipinski definition) is 7. The molecule has 2 aromatic carbocycles. The average molecular weight is 408 g/mol. The van der Waals surface area contributed by atoms with Crippen LogP contribution in [0.5, 0.6) is 17.2 Å². The Morgan fingerprint density at radius 1 is 1.00 bits per heavy atom. The molecule has 0 aliphatic rings. The van der Waals surface area contributed by atoms with Crippen LogP contribution in [0, 0.1) is 0 Å². The van der Waals surface area contributed by atoms with Crippen LogP contribution in [0.3, 0.4) is 0 Å². The lowest BCUT2D eigenvalue weighted by atomic mass is 10.1. The van der Waals surface area contributed by atoms with Crippen LogP contribution >= 0.6 is 0 Å². The number of methoxy groups -OCH3 is 4. The van der Waals surface area contributed by atoms with Gasteiger partial charge in [0, 0.05) is 36.4 Å². The van der Waals surface area contributed by atoms with E-state index < -0.39 is 16.7 Å². The number of primary amides is 1. The predicted molar refractivity (Wildman–Crippen MR) is 106 cm³/mol. The van der Waals surface area contributed by atoms with Crippen LogP contribution in [0.1, 0.15) is 10.4 Å². The maximum atomic E-state index is 13.1. The van der Waals surface area contributed by atoms with Crippen LogP contribution in [0.15, 0.2) is 40.1 Å². The van der Waals surface area contributed by atoms with Gasteiger partial charge in [-0.2, -0.15) is 0 Å². The summed E-state index contributed by atoms with van der Waals surface area (Å²) in [6.07, 6.45) is 0. The number of amides is 1. The number of carbonyl (C=O) groups excluding carboxylic acids is 1. The summed E-state index contributed by atoms with van der Waals surface area (Å²) >= 11 is 0. The van der Waals surface area contributed by atoms with E-state index in [4.69, 9.17) is 24.7 Å². The van der Waals surface area contributed by atoms with E-state index in [1.54, 1.807) is 37.4 Å². The Hall–Kier alpha value is -2.78. The molecule has 0 spiro atoms. The van der Waals surface area contributed by atoms with Crippen LogP contribution in [-0.2, 0) is 15.5 Å². The van der Waals surface area contributed by atoms with E-state index >= 15 is 0 Å². The molecular formula is C19H24N2O6S. The average Bonchev–Trinajstić information content (AvgIpc) is 2.71. The number of hydrogen-bond donors (Lipinski definition) is 2. The van der Waals surface area contributed by atoms with E-state index in [2.05, 4.69) is 5.32 Å². The molecule has 9 heteroatoms. The van der Waals surface area contributed by atoms with Crippen LogP contribution in [0.25, 0.3) is 0 Å². The fraction of sp³-hybridized carbons (Fsp3) is 0.316. The number of ether oxygens (including phenoxy) is 4. The normalized spacial score (nSPS) is 11.6. The van der Waals surface area contributed by atoms with Gasteiger partial charge in [0.25, 0.3) is 5.91 Å². The second-order valence-electron chi connectivity index (χ2n) is 5.62. The van der Waals surface area contributed by atoms with E-state index in [1.807, 2.05) is 0 Å². The summed E-state index contributed by atoms with van der Waals surface area (Å²) in [6, 6.07) is 8.02. The van der Waals surface area contributed by atoms with Crippen molar-refractivity contribution in [3.63, 3.8) is 0 Å². The van der Waals surface area contributed by atoms with Crippen molar-refractivity contribution in [2.75, 3.05) is 46.9 Å². The van der Waals surface area contributed by atoms with E-state index in [1.165, 1.54) is 21.3 Å². The minimum atomic E-state index is -1.56. The standard InChI is InChI=1S/C19H24N2O6S/c1-24-8-7-21-15-9-12(5-6-14(15)19(20)22)28(23)13-10-16(25-2)18(27-4)17(11-13)26-3/h5-6,9-11,21H,7-8H2,1-4H3,(H2,20,22). The van der Waals surface area contributed by atoms with Crippen LogP contribution in [-0.4, -0.2) is 51.7 Å². The Morgan fingerprint density at radius 3 is 2.14 bits per heavy atom. The van der Waals surface area contributed by atoms with Gasteiger partial charge in [-0.15, -0.1) is 0 Å². The lowest BCUT2D eigenvalue weighted by Gasteiger charge is -2.15. The summed E-state index contributed by atoms with van der Waals surface area (Å²) in [5.41, 5.74) is 6.23. The Kier molecular flexibility index (Phi) is 7.65. The molecule has 0 aromatic heterocycles. The Morgan fingerprint density at radius 2 is 1.64 bits per heavy atom. The lowest BCUT2D eigenvalue weighted by Crippen LogP contribution is -2.16. The third-order valence-corrected chi connectivity index (χ3v) is 5.29. The molecule has 0 fully saturated rings. The molecule has 0 aliphatic carbocycles. The van der Waals surface area contributed by atoms with Crippen molar-refractivity contribution in [3.05, 3.63) is 35.9 Å². The zero-order valence-corrected chi connectivity index (χ0v) is 17.1. The lowest BCUT2D eigenvalue weighted by molar-refractivity contribution is 0.100. The van der Waals surface area contributed by atoms with Gasteiger partial charge >= 0.3 is 0 Å². The second-order valence-corrected chi connectivity index (χ2v) is 7.10. The van der Waals surface area contributed by atoms with Crippen molar-refractivity contribution in [1.82, 2.24) is 0 Å². The van der Waals surface area contributed by atoms with Crippen LogP contribution in [0.4, 0.5) is 5.69 Å². The fourth-order valence-electron chi connectivity index (χ4n) is 2.59.